The van der Waals surface area contributed by atoms with Gasteiger partial charge in [0.25, 0.3) is 0 Å². The van der Waals surface area contributed by atoms with Gasteiger partial charge in [0.2, 0.25) is 0 Å². The monoisotopic (exact) mass is 285 g/mol. The van der Waals surface area contributed by atoms with Gasteiger partial charge in [0.05, 0.1) is 16.3 Å². The molecule has 104 valence electrons. The van der Waals surface area contributed by atoms with Crippen LogP contribution in [0.4, 0.5) is 0 Å². The van der Waals surface area contributed by atoms with Gasteiger partial charge in [-0.3, -0.25) is 0 Å². The van der Waals surface area contributed by atoms with Crippen LogP contribution < -0.4 is 5.32 Å². The van der Waals surface area contributed by atoms with Gasteiger partial charge >= 0.3 is 0 Å². The number of nitrogens with one attached hydrogen (secondary N) is 1. The highest BCUT2D eigenvalue weighted by molar-refractivity contribution is 7.92. The van der Waals surface area contributed by atoms with Crippen LogP contribution in [-0.2, 0) is 19.7 Å². The molecule has 17 heavy (non-hydrogen) atoms. The summed E-state index contributed by atoms with van der Waals surface area (Å²) in [5.74, 6) is 0.210. The molecule has 0 bridgehead atoms. The van der Waals surface area contributed by atoms with Crippen LogP contribution in [0.25, 0.3) is 0 Å². The van der Waals surface area contributed by atoms with E-state index in [1.807, 2.05) is 0 Å². The van der Waals surface area contributed by atoms with Crippen molar-refractivity contribution >= 4 is 19.7 Å². The topological polar surface area (TPSA) is 80.3 Å². The first-order valence-electron chi connectivity index (χ1n) is 5.56. The van der Waals surface area contributed by atoms with Crippen LogP contribution in [0.3, 0.4) is 0 Å². The number of hydrogen-bond acceptors (Lipinski definition) is 5. The molecule has 0 aliphatic rings. The molecule has 0 spiro atoms. The summed E-state index contributed by atoms with van der Waals surface area (Å²) in [5, 5.41) is 2.94. The summed E-state index contributed by atoms with van der Waals surface area (Å²) in [7, 11) is -6.02. The maximum absolute atomic E-state index is 11.7. The van der Waals surface area contributed by atoms with Gasteiger partial charge in [0, 0.05) is 12.8 Å². The normalized spacial score (nSPS) is 13.9. The fraction of sp³-hybridized carbons (Fsp3) is 1.00. The lowest BCUT2D eigenvalue weighted by atomic mass is 10.3. The first-order valence-corrected chi connectivity index (χ1v) is 9.28. The third-order valence-corrected chi connectivity index (χ3v) is 5.99. The summed E-state index contributed by atoms with van der Waals surface area (Å²) >= 11 is 0. The van der Waals surface area contributed by atoms with E-state index in [0.717, 1.165) is 0 Å². The number of rotatable bonds is 7. The van der Waals surface area contributed by atoms with E-state index < -0.39 is 24.4 Å². The van der Waals surface area contributed by atoms with Crippen LogP contribution in [-0.4, -0.2) is 52.4 Å². The zero-order valence-electron chi connectivity index (χ0n) is 11.0. The average molecular weight is 285 g/mol. The van der Waals surface area contributed by atoms with E-state index in [9.17, 15) is 16.8 Å². The van der Waals surface area contributed by atoms with Gasteiger partial charge in [0.15, 0.2) is 9.84 Å². The molecule has 0 aliphatic carbocycles. The summed E-state index contributed by atoms with van der Waals surface area (Å²) in [4.78, 5) is 0. The van der Waals surface area contributed by atoms with E-state index in [2.05, 4.69) is 5.32 Å². The van der Waals surface area contributed by atoms with Crippen LogP contribution in [0.5, 0.6) is 0 Å². The Bertz CT molecular complexity index is 418. The lowest BCUT2D eigenvalue weighted by Crippen LogP contribution is -2.35. The van der Waals surface area contributed by atoms with Crippen LogP contribution in [0.15, 0.2) is 0 Å². The molecule has 5 nitrogen and oxygen atoms in total. The van der Waals surface area contributed by atoms with Crippen LogP contribution in [0, 0.1) is 0 Å². The molecule has 7 heteroatoms. The van der Waals surface area contributed by atoms with E-state index in [4.69, 9.17) is 0 Å². The molecule has 0 radical (unpaired) electrons. The third kappa shape index (κ3) is 7.72. The summed E-state index contributed by atoms with van der Waals surface area (Å²) in [6.07, 6.45) is 1.70. The van der Waals surface area contributed by atoms with Gasteiger partial charge in [-0.1, -0.05) is 0 Å². The Morgan fingerprint density at radius 1 is 0.941 bits per heavy atom. The van der Waals surface area contributed by atoms with Crippen molar-refractivity contribution in [1.82, 2.24) is 5.32 Å². The van der Waals surface area contributed by atoms with Crippen molar-refractivity contribution in [2.24, 2.45) is 0 Å². The second kappa shape index (κ2) is 6.15. The van der Waals surface area contributed by atoms with Gasteiger partial charge in [-0.2, -0.15) is 0 Å². The Hall–Kier alpha value is -0.140. The summed E-state index contributed by atoms with van der Waals surface area (Å²) in [6.45, 7) is 5.90. The maximum atomic E-state index is 11.7. The minimum Gasteiger partial charge on any atom is -0.316 e. The molecule has 0 aromatic rings. The van der Waals surface area contributed by atoms with Crippen LogP contribution in [0.1, 0.15) is 27.2 Å². The largest absolute Gasteiger partial charge is 0.316 e. The van der Waals surface area contributed by atoms with Gasteiger partial charge in [-0.05, 0) is 33.7 Å². The Morgan fingerprint density at radius 2 is 1.47 bits per heavy atom. The zero-order valence-corrected chi connectivity index (χ0v) is 12.6. The van der Waals surface area contributed by atoms with Gasteiger partial charge in [-0.15, -0.1) is 0 Å². The van der Waals surface area contributed by atoms with E-state index in [1.165, 1.54) is 6.26 Å². The highest BCUT2D eigenvalue weighted by Crippen LogP contribution is 2.15. The molecule has 0 amide bonds. The summed E-state index contributed by atoms with van der Waals surface area (Å²) in [6, 6.07) is 0. The molecule has 0 aliphatic heterocycles. The zero-order chi connectivity index (χ0) is 13.7. The molecular weight excluding hydrogens is 262 g/mol. The summed E-state index contributed by atoms with van der Waals surface area (Å²) < 4.78 is 44.3. The van der Waals surface area contributed by atoms with Crippen molar-refractivity contribution in [2.45, 2.75) is 31.9 Å². The molecule has 0 saturated heterocycles. The predicted octanol–water partition coefficient (Wildman–Crippen LogP) is 0.224. The molecule has 0 aromatic heterocycles. The Labute approximate surface area is 105 Å². The first kappa shape index (κ1) is 16.9. The molecule has 1 N–H and O–H groups in total. The summed E-state index contributed by atoms with van der Waals surface area (Å²) in [5.41, 5.74) is 0. The standard InChI is InChI=1S/C10H23NO4S2/c1-10(2,3)17(14,15)9-7-11-6-5-8-16(4,12)13/h11H,5-9H2,1-4H3. The van der Waals surface area contributed by atoms with E-state index in [-0.39, 0.29) is 11.5 Å². The molecule has 0 aromatic carbocycles. The van der Waals surface area contributed by atoms with Gasteiger partial charge < -0.3 is 5.32 Å². The van der Waals surface area contributed by atoms with Crippen molar-refractivity contribution in [3.63, 3.8) is 0 Å². The van der Waals surface area contributed by atoms with Crippen LogP contribution in [0.2, 0.25) is 0 Å². The third-order valence-electron chi connectivity index (χ3n) is 2.35. The van der Waals surface area contributed by atoms with Crippen LogP contribution >= 0.6 is 0 Å². The first-order chi connectivity index (χ1) is 7.46. The number of sulfone groups is 2. The second-order valence-electron chi connectivity index (χ2n) is 5.16. The molecule has 0 fully saturated rings. The Balaban J connectivity index is 3.81. The highest BCUT2D eigenvalue weighted by Gasteiger charge is 2.27. The van der Waals surface area contributed by atoms with Crippen molar-refractivity contribution in [1.29, 1.82) is 0 Å². The highest BCUT2D eigenvalue weighted by atomic mass is 32.2. The molecule has 0 unspecified atom stereocenters. The van der Waals surface area contributed by atoms with Crippen molar-refractivity contribution in [3.05, 3.63) is 0 Å². The fourth-order valence-electron chi connectivity index (χ4n) is 1.10. The lowest BCUT2D eigenvalue weighted by molar-refractivity contribution is 0.555. The molecule has 0 saturated carbocycles. The quantitative estimate of drug-likeness (QED) is 0.677. The van der Waals surface area contributed by atoms with Crippen molar-refractivity contribution in [2.75, 3.05) is 30.9 Å². The minimum absolute atomic E-state index is 0.0787. The molecule has 0 rings (SSSR count). The second-order valence-corrected chi connectivity index (χ2v) is 10.3. The van der Waals surface area contributed by atoms with E-state index in [0.29, 0.717) is 19.5 Å². The Kier molecular flexibility index (Phi) is 6.10. The number of hydrogen-bond donors (Lipinski definition) is 1. The van der Waals surface area contributed by atoms with E-state index in [1.54, 1.807) is 20.8 Å². The van der Waals surface area contributed by atoms with E-state index >= 15 is 0 Å². The molecular formula is C10H23NO4S2. The van der Waals surface area contributed by atoms with Crippen molar-refractivity contribution in [3.8, 4) is 0 Å². The smallest absolute Gasteiger partial charge is 0.156 e. The van der Waals surface area contributed by atoms with Gasteiger partial charge in [-0.25, -0.2) is 16.8 Å². The SMILES string of the molecule is CC(C)(C)S(=O)(=O)CCNCCCS(C)(=O)=O. The minimum atomic E-state index is -3.09. The predicted molar refractivity (Wildman–Crippen MR) is 70.7 cm³/mol. The fourth-order valence-corrected chi connectivity index (χ4v) is 2.79. The molecule has 0 heterocycles. The van der Waals surface area contributed by atoms with Gasteiger partial charge in [0.1, 0.15) is 9.84 Å². The lowest BCUT2D eigenvalue weighted by Gasteiger charge is -2.19. The average Bonchev–Trinajstić information content (AvgIpc) is 2.07. The van der Waals surface area contributed by atoms with Crippen molar-refractivity contribution < 1.29 is 16.8 Å². The Morgan fingerprint density at radius 3 is 1.88 bits per heavy atom. The maximum Gasteiger partial charge on any atom is 0.156 e. The molecule has 0 atom stereocenters.